The van der Waals surface area contributed by atoms with Crippen LogP contribution in [-0.4, -0.2) is 0 Å². The summed E-state index contributed by atoms with van der Waals surface area (Å²) < 4.78 is 0. The first-order valence-corrected chi connectivity index (χ1v) is 11.1. The molecule has 0 saturated carbocycles. The predicted octanol–water partition coefficient (Wildman–Crippen LogP) is 8.77. The molecule has 0 aliphatic carbocycles. The van der Waals surface area contributed by atoms with Gasteiger partial charge in [-0.1, -0.05) is 73.0 Å². The number of allylic oxidation sites excluding steroid dienone is 2. The summed E-state index contributed by atoms with van der Waals surface area (Å²) in [6.45, 7) is 26.3. The van der Waals surface area contributed by atoms with Crippen molar-refractivity contribution in [1.29, 1.82) is 0 Å². The Bertz CT molecular complexity index is 365. The molecule has 3 atom stereocenters. The summed E-state index contributed by atoms with van der Waals surface area (Å²) in [5.74, 6) is 5.83. The number of hydrogen-bond acceptors (Lipinski definition) is 0. The smallest absolute Gasteiger partial charge is 0.0290 e. The average molecular weight is 351 g/mol. The maximum absolute atomic E-state index is 2.45. The monoisotopic (exact) mass is 350 g/mol. The van der Waals surface area contributed by atoms with Crippen molar-refractivity contribution in [2.24, 2.45) is 41.4 Å². The molecule has 0 bridgehead atoms. The second-order valence-electron chi connectivity index (χ2n) is 10.4. The highest BCUT2D eigenvalue weighted by atomic mass is 14.3. The summed E-state index contributed by atoms with van der Waals surface area (Å²) in [6, 6.07) is 0. The maximum atomic E-state index is 2.45. The van der Waals surface area contributed by atoms with Crippen LogP contribution in [0.1, 0.15) is 108 Å². The van der Waals surface area contributed by atoms with Crippen LogP contribution in [0.5, 0.6) is 0 Å². The second kappa shape index (κ2) is 12.2. The van der Waals surface area contributed by atoms with Crippen molar-refractivity contribution in [3.63, 3.8) is 0 Å². The molecule has 0 N–H and O–H groups in total. The summed E-state index contributed by atoms with van der Waals surface area (Å²) in [5.41, 5.74) is 3.13. The molecule has 0 aliphatic heterocycles. The first kappa shape index (κ1) is 24.7. The lowest BCUT2D eigenvalue weighted by Crippen LogP contribution is -2.23. The van der Waals surface area contributed by atoms with Crippen molar-refractivity contribution < 1.29 is 0 Å². The van der Waals surface area contributed by atoms with E-state index in [1.54, 1.807) is 5.57 Å². The Morgan fingerprint density at radius 1 is 0.560 bits per heavy atom. The topological polar surface area (TPSA) is 0 Å². The van der Waals surface area contributed by atoms with Gasteiger partial charge in [-0.3, -0.25) is 0 Å². The van der Waals surface area contributed by atoms with Crippen LogP contribution in [0.4, 0.5) is 0 Å². The van der Waals surface area contributed by atoms with Crippen LogP contribution in [0, 0.1) is 41.4 Å². The summed E-state index contributed by atoms with van der Waals surface area (Å²) in [4.78, 5) is 0. The summed E-state index contributed by atoms with van der Waals surface area (Å²) >= 11 is 0. The lowest BCUT2D eigenvalue weighted by atomic mass is 9.72. The zero-order chi connectivity index (χ0) is 19.7. The van der Waals surface area contributed by atoms with Gasteiger partial charge in [-0.15, -0.1) is 0 Å². The highest BCUT2D eigenvalue weighted by molar-refractivity contribution is 5.07. The summed E-state index contributed by atoms with van der Waals surface area (Å²) in [6.07, 6.45) is 6.93. The number of rotatable bonds is 12. The van der Waals surface area contributed by atoms with E-state index in [1.165, 1.54) is 37.7 Å². The fourth-order valence-corrected chi connectivity index (χ4v) is 3.88. The van der Waals surface area contributed by atoms with Gasteiger partial charge in [0.2, 0.25) is 0 Å². The Morgan fingerprint density at radius 2 is 1.00 bits per heavy atom. The maximum Gasteiger partial charge on any atom is -0.0290 e. The van der Waals surface area contributed by atoms with Gasteiger partial charge >= 0.3 is 0 Å². The minimum atomic E-state index is 0.781. The van der Waals surface area contributed by atoms with Gasteiger partial charge in [0.1, 0.15) is 0 Å². The van der Waals surface area contributed by atoms with Crippen LogP contribution in [0.2, 0.25) is 0 Å². The lowest BCUT2D eigenvalue weighted by molar-refractivity contribution is 0.182. The van der Waals surface area contributed by atoms with Gasteiger partial charge in [0.15, 0.2) is 0 Å². The molecule has 0 rings (SSSR count). The third-order valence-electron chi connectivity index (χ3n) is 6.58. The Kier molecular flexibility index (Phi) is 12.1. The molecule has 0 aromatic carbocycles. The van der Waals surface area contributed by atoms with Gasteiger partial charge in [-0.2, -0.15) is 0 Å². The van der Waals surface area contributed by atoms with Gasteiger partial charge in [-0.05, 0) is 87.9 Å². The normalized spacial score (nSPS) is 16.0. The molecular weight excluding hydrogens is 300 g/mol. The van der Waals surface area contributed by atoms with Gasteiger partial charge < -0.3 is 0 Å². The molecule has 0 aromatic rings. The quantitative estimate of drug-likeness (QED) is 0.308. The van der Waals surface area contributed by atoms with Crippen LogP contribution in [0.3, 0.4) is 0 Å². The van der Waals surface area contributed by atoms with E-state index in [2.05, 4.69) is 76.2 Å². The Labute approximate surface area is 161 Å². The van der Waals surface area contributed by atoms with Crippen molar-refractivity contribution in [2.75, 3.05) is 0 Å². The lowest BCUT2D eigenvalue weighted by Gasteiger charge is -2.33. The van der Waals surface area contributed by atoms with Crippen LogP contribution in [0.15, 0.2) is 11.1 Å². The van der Waals surface area contributed by atoms with Crippen molar-refractivity contribution in [2.45, 2.75) is 108 Å². The van der Waals surface area contributed by atoms with E-state index in [1.807, 2.05) is 0 Å². The molecule has 0 heterocycles. The largest absolute Gasteiger partial charge is 0.0775 e. The van der Waals surface area contributed by atoms with E-state index >= 15 is 0 Å². The zero-order valence-corrected chi connectivity index (χ0v) is 19.6. The highest BCUT2D eigenvalue weighted by Crippen LogP contribution is 2.37. The highest BCUT2D eigenvalue weighted by Gasteiger charge is 2.26. The summed E-state index contributed by atoms with van der Waals surface area (Å²) in [7, 11) is 0. The third kappa shape index (κ3) is 10.5. The molecule has 0 heteroatoms. The number of hydrogen-bond donors (Lipinski definition) is 0. The van der Waals surface area contributed by atoms with Crippen molar-refractivity contribution in [1.82, 2.24) is 0 Å². The molecule has 0 radical (unpaired) electrons. The SMILES string of the molecule is CC(C)=C(C)CC(CC(CC(CCC(C)C)C(C)C)C(C)C)C(C)C. The van der Waals surface area contributed by atoms with Crippen LogP contribution in [-0.2, 0) is 0 Å². The molecular formula is C25H50. The third-order valence-corrected chi connectivity index (χ3v) is 6.58. The van der Waals surface area contributed by atoms with Gasteiger partial charge in [0.25, 0.3) is 0 Å². The Hall–Kier alpha value is -0.260. The van der Waals surface area contributed by atoms with Crippen LogP contribution < -0.4 is 0 Å². The van der Waals surface area contributed by atoms with Crippen LogP contribution in [0.25, 0.3) is 0 Å². The van der Waals surface area contributed by atoms with Crippen molar-refractivity contribution >= 4 is 0 Å². The molecule has 0 aromatic heterocycles. The molecule has 3 unspecified atom stereocenters. The van der Waals surface area contributed by atoms with Gasteiger partial charge in [-0.25, -0.2) is 0 Å². The van der Waals surface area contributed by atoms with E-state index < -0.39 is 0 Å². The van der Waals surface area contributed by atoms with Gasteiger partial charge in [0.05, 0.1) is 0 Å². The molecule has 0 spiro atoms. The first-order chi connectivity index (χ1) is 11.5. The van der Waals surface area contributed by atoms with E-state index in [9.17, 15) is 0 Å². The fourth-order valence-electron chi connectivity index (χ4n) is 3.88. The second-order valence-corrected chi connectivity index (χ2v) is 10.4. The Morgan fingerprint density at radius 3 is 1.36 bits per heavy atom. The van der Waals surface area contributed by atoms with Crippen LogP contribution >= 0.6 is 0 Å². The van der Waals surface area contributed by atoms with E-state index in [0.717, 1.165) is 41.4 Å². The van der Waals surface area contributed by atoms with E-state index in [4.69, 9.17) is 0 Å². The van der Waals surface area contributed by atoms with E-state index in [0.29, 0.717) is 0 Å². The fraction of sp³-hybridized carbons (Fsp3) is 0.920. The van der Waals surface area contributed by atoms with E-state index in [-0.39, 0.29) is 0 Å². The standard InChI is InChI=1S/C25H50/c1-17(2)12-13-23(19(5)6)15-25(21(9)10)16-24(20(7)8)14-22(11)18(3)4/h17,19-21,23-25H,12-16H2,1-11H3. The minimum absolute atomic E-state index is 0.781. The zero-order valence-electron chi connectivity index (χ0n) is 19.6. The molecule has 0 saturated heterocycles. The molecule has 150 valence electrons. The average Bonchev–Trinajstić information content (AvgIpc) is 2.47. The molecule has 0 amide bonds. The first-order valence-electron chi connectivity index (χ1n) is 11.1. The predicted molar refractivity (Wildman–Crippen MR) is 117 cm³/mol. The van der Waals surface area contributed by atoms with Crippen molar-refractivity contribution in [3.8, 4) is 0 Å². The molecule has 0 aliphatic rings. The molecule has 25 heavy (non-hydrogen) atoms. The molecule has 0 nitrogen and oxygen atoms in total. The summed E-state index contributed by atoms with van der Waals surface area (Å²) in [5, 5.41) is 0. The van der Waals surface area contributed by atoms with Crippen molar-refractivity contribution in [3.05, 3.63) is 11.1 Å². The van der Waals surface area contributed by atoms with Gasteiger partial charge in [0, 0.05) is 0 Å². The Balaban J connectivity index is 5.07. The minimum Gasteiger partial charge on any atom is -0.0775 e. The molecule has 0 fully saturated rings.